The van der Waals surface area contributed by atoms with Gasteiger partial charge in [0.2, 0.25) is 0 Å². The Balaban J connectivity index is 1.76. The highest BCUT2D eigenvalue weighted by atomic mass is 31.2. The van der Waals surface area contributed by atoms with E-state index in [0.717, 1.165) is 0 Å². The van der Waals surface area contributed by atoms with E-state index >= 15 is 0 Å². The summed E-state index contributed by atoms with van der Waals surface area (Å²) in [5.74, 6) is -0.371. The number of nitro groups is 1. The van der Waals surface area contributed by atoms with Crippen molar-refractivity contribution in [1.82, 2.24) is 0 Å². The van der Waals surface area contributed by atoms with Crippen LogP contribution in [0.5, 0.6) is 5.75 Å². The number of nitro benzene ring substituents is 1. The predicted molar refractivity (Wildman–Crippen MR) is 82.1 cm³/mol. The Kier molecular flexibility index (Phi) is 4.62. The molecule has 9 heteroatoms. The van der Waals surface area contributed by atoms with Gasteiger partial charge in [-0.15, -0.1) is 0 Å². The van der Waals surface area contributed by atoms with Gasteiger partial charge in [0.1, 0.15) is 17.7 Å². The maximum absolute atomic E-state index is 13.9. The van der Waals surface area contributed by atoms with Crippen LogP contribution in [0.3, 0.4) is 0 Å². The zero-order valence-electron chi connectivity index (χ0n) is 12.3. The first-order valence-corrected chi connectivity index (χ1v) is 8.54. The van der Waals surface area contributed by atoms with Gasteiger partial charge >= 0.3 is 7.82 Å². The molecule has 126 valence electrons. The molecule has 1 heterocycles. The van der Waals surface area contributed by atoms with Gasteiger partial charge in [-0.3, -0.25) is 19.2 Å². The minimum absolute atomic E-state index is 0.0727. The first-order valence-electron chi connectivity index (χ1n) is 7.08. The van der Waals surface area contributed by atoms with Crippen LogP contribution in [-0.4, -0.2) is 11.5 Å². The second kappa shape index (κ2) is 6.68. The summed E-state index contributed by atoms with van der Waals surface area (Å²) in [6.45, 7) is 0.0727. The summed E-state index contributed by atoms with van der Waals surface area (Å²) in [7, 11) is -3.95. The number of hydrogen-bond donors (Lipinski definition) is 0. The van der Waals surface area contributed by atoms with Crippen molar-refractivity contribution in [3.63, 3.8) is 0 Å². The molecule has 0 saturated carbocycles. The Labute approximate surface area is 136 Å². The van der Waals surface area contributed by atoms with Gasteiger partial charge in [0.05, 0.1) is 11.5 Å². The van der Waals surface area contributed by atoms with Gasteiger partial charge in [-0.25, -0.2) is 8.96 Å². The first kappa shape index (κ1) is 16.6. The van der Waals surface area contributed by atoms with Crippen LogP contribution < -0.4 is 4.52 Å². The molecule has 2 aromatic carbocycles. The number of non-ortho nitro benzene ring substituents is 1. The lowest BCUT2D eigenvalue weighted by molar-refractivity contribution is -0.384. The maximum atomic E-state index is 13.9. The Morgan fingerprint density at radius 2 is 1.92 bits per heavy atom. The van der Waals surface area contributed by atoms with Gasteiger partial charge in [0, 0.05) is 24.1 Å². The van der Waals surface area contributed by atoms with Crippen LogP contribution in [0.1, 0.15) is 18.1 Å². The second-order valence-corrected chi connectivity index (χ2v) is 6.57. The van der Waals surface area contributed by atoms with Gasteiger partial charge in [-0.05, 0) is 18.2 Å². The highest BCUT2D eigenvalue weighted by Gasteiger charge is 2.38. The molecule has 1 fully saturated rings. The summed E-state index contributed by atoms with van der Waals surface area (Å²) in [5.41, 5.74) is 0.142. The number of phosphoric acid groups is 1. The first-order chi connectivity index (χ1) is 11.5. The fourth-order valence-corrected chi connectivity index (χ4v) is 3.66. The molecule has 3 rings (SSSR count). The number of phosphoric ester groups is 1. The third kappa shape index (κ3) is 3.62. The highest BCUT2D eigenvalue weighted by Crippen LogP contribution is 2.56. The molecule has 2 aromatic rings. The standard InChI is InChI=1S/C15H13FNO6P/c16-14-4-2-1-3-13(14)15-9-10-21-24(20,23-15)22-12-7-5-11(6-8-12)17(18)19/h1-8,15H,9-10H2/t15-,24-/m0/s1. The van der Waals surface area contributed by atoms with Crippen LogP contribution in [0.2, 0.25) is 0 Å². The Morgan fingerprint density at radius 1 is 1.21 bits per heavy atom. The van der Waals surface area contributed by atoms with E-state index in [-0.39, 0.29) is 23.6 Å². The number of halogens is 1. The molecule has 0 bridgehead atoms. The number of rotatable bonds is 4. The fourth-order valence-electron chi connectivity index (χ4n) is 2.26. The van der Waals surface area contributed by atoms with Crippen LogP contribution in [0, 0.1) is 15.9 Å². The predicted octanol–water partition coefficient (Wildman–Crippen LogP) is 4.40. The normalized spacial score (nSPS) is 23.6. The third-order valence-corrected chi connectivity index (χ3v) is 4.85. The van der Waals surface area contributed by atoms with Crippen LogP contribution in [-0.2, 0) is 13.6 Å². The number of hydrogen-bond acceptors (Lipinski definition) is 6. The van der Waals surface area contributed by atoms with Crippen LogP contribution in [0.15, 0.2) is 48.5 Å². The van der Waals surface area contributed by atoms with E-state index in [2.05, 4.69) is 0 Å². The van der Waals surface area contributed by atoms with Gasteiger partial charge in [-0.1, -0.05) is 18.2 Å². The molecule has 0 radical (unpaired) electrons. The molecular weight excluding hydrogens is 340 g/mol. The van der Waals surface area contributed by atoms with Gasteiger partial charge < -0.3 is 4.52 Å². The number of nitrogens with zero attached hydrogens (tertiary/aromatic N) is 1. The quantitative estimate of drug-likeness (QED) is 0.460. The molecule has 1 aliphatic rings. The van der Waals surface area contributed by atoms with Crippen LogP contribution in [0.25, 0.3) is 0 Å². The Bertz CT molecular complexity index is 797. The average molecular weight is 353 g/mol. The summed E-state index contributed by atoms with van der Waals surface area (Å²) >= 11 is 0. The number of benzene rings is 2. The van der Waals surface area contributed by atoms with Crippen molar-refractivity contribution in [1.29, 1.82) is 0 Å². The fraction of sp³-hybridized carbons (Fsp3) is 0.200. The molecule has 24 heavy (non-hydrogen) atoms. The zero-order chi connectivity index (χ0) is 17.2. The van der Waals surface area contributed by atoms with E-state index in [1.165, 1.54) is 30.3 Å². The van der Waals surface area contributed by atoms with Crippen LogP contribution >= 0.6 is 7.82 Å². The molecule has 0 amide bonds. The lowest BCUT2D eigenvalue weighted by atomic mass is 10.1. The molecule has 0 aliphatic carbocycles. The molecule has 7 nitrogen and oxygen atoms in total. The Hall–Kier alpha value is -2.28. The van der Waals surface area contributed by atoms with Crippen molar-refractivity contribution in [2.24, 2.45) is 0 Å². The lowest BCUT2D eigenvalue weighted by Crippen LogP contribution is -2.17. The summed E-state index contributed by atoms with van der Waals surface area (Å²) < 4.78 is 42.1. The van der Waals surface area contributed by atoms with Gasteiger partial charge in [0.25, 0.3) is 5.69 Å². The van der Waals surface area contributed by atoms with E-state index in [1.54, 1.807) is 18.2 Å². The highest BCUT2D eigenvalue weighted by molar-refractivity contribution is 7.49. The van der Waals surface area contributed by atoms with Crippen molar-refractivity contribution in [3.05, 3.63) is 70.0 Å². The minimum atomic E-state index is -3.95. The smallest absolute Gasteiger partial charge is 0.404 e. The van der Waals surface area contributed by atoms with Crippen molar-refractivity contribution < 1.29 is 27.5 Å². The van der Waals surface area contributed by atoms with Crippen molar-refractivity contribution in [2.75, 3.05) is 6.61 Å². The molecule has 2 atom stereocenters. The van der Waals surface area contributed by atoms with E-state index < -0.39 is 24.7 Å². The topological polar surface area (TPSA) is 87.9 Å². The Morgan fingerprint density at radius 3 is 2.58 bits per heavy atom. The van der Waals surface area contributed by atoms with E-state index in [4.69, 9.17) is 13.6 Å². The van der Waals surface area contributed by atoms with Crippen molar-refractivity contribution in [2.45, 2.75) is 12.5 Å². The molecule has 0 spiro atoms. The van der Waals surface area contributed by atoms with Gasteiger partial charge in [0.15, 0.2) is 0 Å². The summed E-state index contributed by atoms with van der Waals surface area (Å²) in [6.07, 6.45) is -0.432. The molecule has 0 unspecified atom stereocenters. The summed E-state index contributed by atoms with van der Waals surface area (Å²) in [4.78, 5) is 10.1. The monoisotopic (exact) mass is 353 g/mol. The molecular formula is C15H13FNO6P. The third-order valence-electron chi connectivity index (χ3n) is 3.40. The SMILES string of the molecule is O=[N+]([O-])c1ccc(O[P@]2(=O)OCC[C@@H](c3ccccc3F)O2)cc1. The van der Waals surface area contributed by atoms with Crippen molar-refractivity contribution >= 4 is 13.5 Å². The van der Waals surface area contributed by atoms with Gasteiger partial charge in [-0.2, -0.15) is 0 Å². The van der Waals surface area contributed by atoms with Crippen LogP contribution in [0.4, 0.5) is 10.1 Å². The van der Waals surface area contributed by atoms with Crippen molar-refractivity contribution in [3.8, 4) is 5.75 Å². The molecule has 0 N–H and O–H groups in total. The minimum Gasteiger partial charge on any atom is -0.404 e. The summed E-state index contributed by atoms with van der Waals surface area (Å²) in [6, 6.07) is 11.0. The van der Waals surface area contributed by atoms with E-state index in [1.807, 2.05) is 0 Å². The molecule has 0 aromatic heterocycles. The molecule has 1 aliphatic heterocycles. The molecule has 1 saturated heterocycles. The maximum Gasteiger partial charge on any atom is 0.530 e. The largest absolute Gasteiger partial charge is 0.530 e. The van der Waals surface area contributed by atoms with E-state index in [9.17, 15) is 19.1 Å². The second-order valence-electron chi connectivity index (χ2n) is 5.03. The van der Waals surface area contributed by atoms with E-state index in [0.29, 0.717) is 6.42 Å². The average Bonchev–Trinajstić information content (AvgIpc) is 2.55. The lowest BCUT2D eigenvalue weighted by Gasteiger charge is -2.29. The zero-order valence-corrected chi connectivity index (χ0v) is 13.2. The summed E-state index contributed by atoms with van der Waals surface area (Å²) in [5, 5.41) is 10.6.